The van der Waals surface area contributed by atoms with Gasteiger partial charge in [0.2, 0.25) is 5.91 Å². The van der Waals surface area contributed by atoms with E-state index in [1.165, 1.54) is 0 Å². The molecule has 0 saturated heterocycles. The Kier molecular flexibility index (Phi) is 8.01. The van der Waals surface area contributed by atoms with Gasteiger partial charge in [0, 0.05) is 27.2 Å². The highest BCUT2D eigenvalue weighted by Gasteiger charge is 2.04. The van der Waals surface area contributed by atoms with Crippen LogP contribution >= 0.6 is 39.7 Å². The third kappa shape index (κ3) is 6.48. The normalized spacial score (nSPS) is 11.7. The van der Waals surface area contributed by atoms with Gasteiger partial charge in [-0.3, -0.25) is 4.79 Å². The molecule has 0 fully saturated rings. The Hall–Kier alpha value is -0.100. The molecule has 3 N–H and O–H groups in total. The van der Waals surface area contributed by atoms with Gasteiger partial charge < -0.3 is 11.1 Å². The molecule has 1 amide bonds. The molecule has 1 aromatic rings. The predicted octanol–water partition coefficient (Wildman–Crippen LogP) is 2.68. The van der Waals surface area contributed by atoms with Crippen LogP contribution in [0.3, 0.4) is 0 Å². The first-order valence-electron chi connectivity index (χ1n) is 4.83. The Morgan fingerprint density at radius 3 is 2.88 bits per heavy atom. The first-order chi connectivity index (χ1) is 7.08. The number of nitrogens with two attached hydrogens (primary N) is 1. The van der Waals surface area contributed by atoms with Gasteiger partial charge in [0.05, 0.1) is 6.54 Å². The molecule has 6 heteroatoms. The van der Waals surface area contributed by atoms with Gasteiger partial charge in [-0.05, 0) is 35.3 Å². The molecule has 0 aromatic carbocycles. The van der Waals surface area contributed by atoms with Crippen molar-refractivity contribution in [1.82, 2.24) is 5.32 Å². The fourth-order valence-electron chi connectivity index (χ4n) is 1.08. The summed E-state index contributed by atoms with van der Waals surface area (Å²) in [5.41, 5.74) is 5.57. The molecule has 0 radical (unpaired) electrons. The van der Waals surface area contributed by atoms with E-state index in [4.69, 9.17) is 5.73 Å². The molecule has 92 valence electrons. The molecule has 1 atom stereocenters. The summed E-state index contributed by atoms with van der Waals surface area (Å²) in [7, 11) is 0. The highest BCUT2D eigenvalue weighted by atomic mass is 79.9. The number of hydrogen-bond acceptors (Lipinski definition) is 3. The number of nitrogens with one attached hydrogen (secondary N) is 1. The second-order valence-electron chi connectivity index (χ2n) is 3.52. The van der Waals surface area contributed by atoms with Crippen LogP contribution < -0.4 is 11.1 Å². The largest absolute Gasteiger partial charge is 0.351 e. The third-order valence-electron chi connectivity index (χ3n) is 1.91. The van der Waals surface area contributed by atoms with Crippen LogP contribution in [-0.4, -0.2) is 11.9 Å². The van der Waals surface area contributed by atoms with Gasteiger partial charge in [0.25, 0.3) is 0 Å². The van der Waals surface area contributed by atoms with Crippen LogP contribution in [0.15, 0.2) is 15.9 Å². The zero-order valence-corrected chi connectivity index (χ0v) is 12.3. The predicted molar refractivity (Wildman–Crippen MR) is 74.0 cm³/mol. The number of carbonyl (C=O) groups is 1. The van der Waals surface area contributed by atoms with Crippen LogP contribution in [0.5, 0.6) is 0 Å². The van der Waals surface area contributed by atoms with Crippen molar-refractivity contribution < 1.29 is 4.79 Å². The Balaban J connectivity index is 0.00000225. The summed E-state index contributed by atoms with van der Waals surface area (Å²) < 4.78 is 1.06. The smallest absolute Gasteiger partial charge is 0.220 e. The molecular weight excluding hydrogens is 312 g/mol. The number of hydrogen-bond donors (Lipinski definition) is 2. The number of carbonyl (C=O) groups excluding carboxylic acids is 1. The van der Waals surface area contributed by atoms with Gasteiger partial charge in [-0.1, -0.05) is 0 Å². The average Bonchev–Trinajstić information content (AvgIpc) is 2.58. The molecule has 0 saturated carbocycles. The molecular formula is C10H16BrClN2OS. The molecule has 0 aliphatic rings. The Labute approximate surface area is 114 Å². The van der Waals surface area contributed by atoms with Crippen molar-refractivity contribution in [2.45, 2.75) is 32.4 Å². The molecule has 0 aliphatic carbocycles. The Morgan fingerprint density at radius 2 is 2.38 bits per heavy atom. The lowest BCUT2D eigenvalue weighted by atomic mass is 10.2. The van der Waals surface area contributed by atoms with Gasteiger partial charge in [0.1, 0.15) is 0 Å². The summed E-state index contributed by atoms with van der Waals surface area (Å²) in [4.78, 5) is 12.5. The topological polar surface area (TPSA) is 55.1 Å². The van der Waals surface area contributed by atoms with E-state index in [-0.39, 0.29) is 24.4 Å². The van der Waals surface area contributed by atoms with Crippen molar-refractivity contribution in [2.75, 3.05) is 0 Å². The summed E-state index contributed by atoms with van der Waals surface area (Å²) in [6.07, 6.45) is 1.24. The molecule has 1 unspecified atom stereocenters. The maximum absolute atomic E-state index is 11.4. The van der Waals surface area contributed by atoms with E-state index in [1.807, 2.05) is 18.4 Å². The van der Waals surface area contributed by atoms with E-state index >= 15 is 0 Å². The lowest BCUT2D eigenvalue weighted by Crippen LogP contribution is -2.25. The molecule has 0 bridgehead atoms. The minimum absolute atomic E-state index is 0. The zero-order valence-electron chi connectivity index (χ0n) is 9.03. The van der Waals surface area contributed by atoms with Crippen LogP contribution in [0.25, 0.3) is 0 Å². The van der Waals surface area contributed by atoms with Crippen molar-refractivity contribution in [3.05, 3.63) is 20.8 Å². The van der Waals surface area contributed by atoms with E-state index in [1.54, 1.807) is 11.3 Å². The van der Waals surface area contributed by atoms with E-state index in [9.17, 15) is 4.79 Å². The number of thiophene rings is 1. The van der Waals surface area contributed by atoms with Crippen molar-refractivity contribution in [3.63, 3.8) is 0 Å². The molecule has 0 aliphatic heterocycles. The molecule has 3 nitrogen and oxygen atoms in total. The van der Waals surface area contributed by atoms with Crippen molar-refractivity contribution in [1.29, 1.82) is 0 Å². The summed E-state index contributed by atoms with van der Waals surface area (Å²) >= 11 is 5.00. The average molecular weight is 328 g/mol. The fraction of sp³-hybridized carbons (Fsp3) is 0.500. The van der Waals surface area contributed by atoms with E-state index < -0.39 is 0 Å². The number of halogens is 2. The maximum atomic E-state index is 11.4. The van der Waals surface area contributed by atoms with E-state index in [0.29, 0.717) is 13.0 Å². The standard InChI is InChI=1S/C10H15BrN2OS.ClH/c1-7(12)2-3-10(14)13-5-9-4-8(11)6-15-9;/h4,6-7H,2-3,5,12H2,1H3,(H,13,14);1H. The van der Waals surface area contributed by atoms with Crippen LogP contribution in [0.4, 0.5) is 0 Å². The minimum Gasteiger partial charge on any atom is -0.351 e. The summed E-state index contributed by atoms with van der Waals surface area (Å²) in [5.74, 6) is 0.0665. The molecule has 16 heavy (non-hydrogen) atoms. The molecule has 1 aromatic heterocycles. The van der Waals surface area contributed by atoms with Crippen LogP contribution in [0.1, 0.15) is 24.6 Å². The minimum atomic E-state index is 0. The van der Waals surface area contributed by atoms with Crippen molar-refractivity contribution in [3.8, 4) is 0 Å². The quantitative estimate of drug-likeness (QED) is 0.873. The summed E-state index contributed by atoms with van der Waals surface area (Å²) in [6.45, 7) is 2.51. The third-order valence-corrected chi connectivity index (χ3v) is 3.61. The zero-order chi connectivity index (χ0) is 11.3. The van der Waals surface area contributed by atoms with Gasteiger partial charge in [-0.15, -0.1) is 23.7 Å². The van der Waals surface area contributed by atoms with E-state index in [2.05, 4.69) is 21.2 Å². The lowest BCUT2D eigenvalue weighted by Gasteiger charge is -2.05. The highest BCUT2D eigenvalue weighted by Crippen LogP contribution is 2.19. The van der Waals surface area contributed by atoms with Crippen LogP contribution in [0.2, 0.25) is 0 Å². The second-order valence-corrected chi connectivity index (χ2v) is 5.44. The Morgan fingerprint density at radius 1 is 1.69 bits per heavy atom. The summed E-state index contributed by atoms with van der Waals surface area (Å²) in [6, 6.07) is 2.10. The van der Waals surface area contributed by atoms with E-state index in [0.717, 1.165) is 15.8 Å². The second kappa shape index (κ2) is 8.06. The SMILES string of the molecule is CC(N)CCC(=O)NCc1cc(Br)cs1.Cl. The number of amides is 1. The molecule has 1 heterocycles. The van der Waals surface area contributed by atoms with Gasteiger partial charge >= 0.3 is 0 Å². The highest BCUT2D eigenvalue weighted by molar-refractivity contribution is 9.10. The van der Waals surface area contributed by atoms with Crippen LogP contribution in [0, 0.1) is 0 Å². The van der Waals surface area contributed by atoms with Gasteiger partial charge in [0.15, 0.2) is 0 Å². The van der Waals surface area contributed by atoms with Gasteiger partial charge in [-0.2, -0.15) is 0 Å². The lowest BCUT2D eigenvalue weighted by molar-refractivity contribution is -0.121. The first kappa shape index (κ1) is 15.9. The molecule has 0 spiro atoms. The monoisotopic (exact) mass is 326 g/mol. The van der Waals surface area contributed by atoms with Gasteiger partial charge in [-0.25, -0.2) is 0 Å². The van der Waals surface area contributed by atoms with Crippen molar-refractivity contribution in [2.24, 2.45) is 5.73 Å². The fourth-order valence-corrected chi connectivity index (χ4v) is 2.47. The maximum Gasteiger partial charge on any atom is 0.220 e. The number of rotatable bonds is 5. The first-order valence-corrected chi connectivity index (χ1v) is 6.50. The summed E-state index contributed by atoms with van der Waals surface area (Å²) in [5, 5.41) is 4.87. The Bertz CT molecular complexity index is 330. The van der Waals surface area contributed by atoms with Crippen LogP contribution in [-0.2, 0) is 11.3 Å². The van der Waals surface area contributed by atoms with Crippen molar-refractivity contribution >= 4 is 45.6 Å². The molecule has 1 rings (SSSR count).